The Morgan fingerprint density at radius 3 is 2.32 bits per heavy atom. The number of rotatable bonds is 8. The summed E-state index contributed by atoms with van der Waals surface area (Å²) in [4.78, 5) is 23.1. The van der Waals surface area contributed by atoms with Crippen LogP contribution in [0, 0.1) is 11.8 Å². The number of carbonyl (C=O) groups excluding carboxylic acids is 2. The van der Waals surface area contributed by atoms with Crippen molar-refractivity contribution in [3.05, 3.63) is 48.0 Å². The van der Waals surface area contributed by atoms with Crippen molar-refractivity contribution < 1.29 is 19.1 Å². The predicted molar refractivity (Wildman–Crippen MR) is 85.0 cm³/mol. The van der Waals surface area contributed by atoms with Crippen LogP contribution in [0.3, 0.4) is 0 Å². The van der Waals surface area contributed by atoms with Crippen LogP contribution < -0.4 is 0 Å². The van der Waals surface area contributed by atoms with Gasteiger partial charge in [0.15, 0.2) is 0 Å². The van der Waals surface area contributed by atoms with Gasteiger partial charge < -0.3 is 9.47 Å². The van der Waals surface area contributed by atoms with Crippen molar-refractivity contribution in [2.24, 2.45) is 11.8 Å². The van der Waals surface area contributed by atoms with Crippen LogP contribution in [0.15, 0.2) is 42.5 Å². The van der Waals surface area contributed by atoms with E-state index in [0.717, 1.165) is 5.56 Å². The molecule has 0 aliphatic heterocycles. The third-order valence-corrected chi connectivity index (χ3v) is 3.08. The van der Waals surface area contributed by atoms with Crippen LogP contribution in [0.4, 0.5) is 0 Å². The molecule has 1 aromatic carbocycles. The standard InChI is InChI=1S/C18H24O4/c1-14(2)17(19)21-12-8-7-9-15(3)18(20)22-13-16-10-5-4-6-11-16/h4-8,10-11,14-15H,9,12-13H2,1-3H3/b8-7+. The Kier molecular flexibility index (Phi) is 7.97. The number of carbonyl (C=O) groups is 2. The van der Waals surface area contributed by atoms with Crippen molar-refractivity contribution in [3.8, 4) is 0 Å². The molecular weight excluding hydrogens is 280 g/mol. The van der Waals surface area contributed by atoms with E-state index in [1.54, 1.807) is 19.9 Å². The normalized spacial score (nSPS) is 12.4. The molecule has 1 unspecified atom stereocenters. The average molecular weight is 304 g/mol. The molecule has 0 aromatic heterocycles. The van der Waals surface area contributed by atoms with Crippen molar-refractivity contribution in [2.75, 3.05) is 6.61 Å². The first kappa shape index (κ1) is 18.0. The lowest BCUT2D eigenvalue weighted by Gasteiger charge is -2.09. The molecule has 22 heavy (non-hydrogen) atoms. The lowest BCUT2D eigenvalue weighted by atomic mass is 10.1. The summed E-state index contributed by atoms with van der Waals surface area (Å²) in [7, 11) is 0. The van der Waals surface area contributed by atoms with Crippen molar-refractivity contribution in [3.63, 3.8) is 0 Å². The molecule has 4 nitrogen and oxygen atoms in total. The second-order valence-corrected chi connectivity index (χ2v) is 5.49. The van der Waals surface area contributed by atoms with Gasteiger partial charge in [-0.05, 0) is 12.0 Å². The van der Waals surface area contributed by atoms with Gasteiger partial charge in [0.2, 0.25) is 0 Å². The molecule has 0 saturated heterocycles. The van der Waals surface area contributed by atoms with E-state index in [4.69, 9.17) is 9.47 Å². The second-order valence-electron chi connectivity index (χ2n) is 5.49. The molecule has 0 spiro atoms. The predicted octanol–water partition coefficient (Wildman–Crippen LogP) is 3.51. The molecule has 0 saturated carbocycles. The minimum atomic E-state index is -0.229. The first-order chi connectivity index (χ1) is 10.5. The minimum Gasteiger partial charge on any atom is -0.461 e. The van der Waals surface area contributed by atoms with E-state index in [9.17, 15) is 9.59 Å². The smallest absolute Gasteiger partial charge is 0.309 e. The highest BCUT2D eigenvalue weighted by molar-refractivity contribution is 5.72. The third kappa shape index (κ3) is 7.07. The maximum atomic E-state index is 11.8. The van der Waals surface area contributed by atoms with Gasteiger partial charge in [0.1, 0.15) is 13.2 Å². The molecule has 1 aromatic rings. The molecule has 0 amide bonds. The van der Waals surface area contributed by atoms with Gasteiger partial charge in [0.05, 0.1) is 11.8 Å². The molecule has 0 aliphatic carbocycles. The number of esters is 2. The largest absolute Gasteiger partial charge is 0.461 e. The van der Waals surface area contributed by atoms with Crippen LogP contribution in [0.5, 0.6) is 0 Å². The molecule has 1 rings (SSSR count). The molecule has 1 atom stereocenters. The van der Waals surface area contributed by atoms with Gasteiger partial charge in [-0.15, -0.1) is 0 Å². The Bertz CT molecular complexity index is 491. The van der Waals surface area contributed by atoms with E-state index in [-0.39, 0.29) is 30.4 Å². The van der Waals surface area contributed by atoms with Gasteiger partial charge in [-0.25, -0.2) is 0 Å². The summed E-state index contributed by atoms with van der Waals surface area (Å²) in [5.74, 6) is -0.798. The summed E-state index contributed by atoms with van der Waals surface area (Å²) in [6, 6.07) is 9.58. The van der Waals surface area contributed by atoms with Crippen LogP contribution >= 0.6 is 0 Å². The second kappa shape index (κ2) is 9.77. The zero-order chi connectivity index (χ0) is 16.4. The van der Waals surface area contributed by atoms with Crippen LogP contribution in [0.1, 0.15) is 32.8 Å². The highest BCUT2D eigenvalue weighted by Crippen LogP contribution is 2.08. The molecule has 0 fully saturated rings. The fourth-order valence-corrected chi connectivity index (χ4v) is 1.63. The van der Waals surface area contributed by atoms with Gasteiger partial charge in [-0.3, -0.25) is 9.59 Å². The Hall–Kier alpha value is -2.10. The Balaban J connectivity index is 2.22. The lowest BCUT2D eigenvalue weighted by molar-refractivity contribution is -0.149. The first-order valence-electron chi connectivity index (χ1n) is 7.53. The Labute approximate surface area is 132 Å². The lowest BCUT2D eigenvalue weighted by Crippen LogP contribution is -2.14. The maximum absolute atomic E-state index is 11.8. The molecule has 0 radical (unpaired) electrons. The summed E-state index contributed by atoms with van der Waals surface area (Å²) >= 11 is 0. The van der Waals surface area contributed by atoms with Crippen LogP contribution in [0.25, 0.3) is 0 Å². The molecule has 0 aliphatic rings. The monoisotopic (exact) mass is 304 g/mol. The van der Waals surface area contributed by atoms with E-state index >= 15 is 0 Å². The van der Waals surface area contributed by atoms with E-state index in [0.29, 0.717) is 13.0 Å². The number of hydrogen-bond acceptors (Lipinski definition) is 4. The quantitative estimate of drug-likeness (QED) is 0.545. The summed E-state index contributed by atoms with van der Waals surface area (Å²) in [6.07, 6.45) is 4.15. The van der Waals surface area contributed by atoms with E-state index in [1.807, 2.05) is 43.3 Å². The van der Waals surface area contributed by atoms with Gasteiger partial charge >= 0.3 is 11.9 Å². The molecule has 0 N–H and O–H groups in total. The average Bonchev–Trinajstić information content (AvgIpc) is 2.52. The highest BCUT2D eigenvalue weighted by atomic mass is 16.5. The number of benzene rings is 1. The van der Waals surface area contributed by atoms with Crippen LogP contribution in [0.2, 0.25) is 0 Å². The summed E-state index contributed by atoms with van der Waals surface area (Å²) in [6.45, 7) is 5.92. The fourth-order valence-electron chi connectivity index (χ4n) is 1.63. The molecule has 120 valence electrons. The minimum absolute atomic E-state index is 0.125. The van der Waals surface area contributed by atoms with Gasteiger partial charge in [-0.1, -0.05) is 63.3 Å². The number of hydrogen-bond donors (Lipinski definition) is 0. The molecular formula is C18H24O4. The SMILES string of the molecule is CC(C)C(=O)OC/C=C/CC(C)C(=O)OCc1ccccc1. The maximum Gasteiger partial charge on any atom is 0.309 e. The van der Waals surface area contributed by atoms with E-state index in [1.165, 1.54) is 0 Å². The third-order valence-electron chi connectivity index (χ3n) is 3.08. The zero-order valence-electron chi connectivity index (χ0n) is 13.5. The van der Waals surface area contributed by atoms with Crippen LogP contribution in [-0.2, 0) is 25.7 Å². The highest BCUT2D eigenvalue weighted by Gasteiger charge is 2.12. The topological polar surface area (TPSA) is 52.6 Å². The molecule has 0 bridgehead atoms. The van der Waals surface area contributed by atoms with Crippen LogP contribution in [-0.4, -0.2) is 18.5 Å². The van der Waals surface area contributed by atoms with Crippen molar-refractivity contribution in [2.45, 2.75) is 33.8 Å². The Morgan fingerprint density at radius 2 is 1.68 bits per heavy atom. The summed E-state index contributed by atoms with van der Waals surface area (Å²) in [5.41, 5.74) is 0.971. The van der Waals surface area contributed by atoms with E-state index in [2.05, 4.69) is 0 Å². The van der Waals surface area contributed by atoms with Crippen molar-refractivity contribution in [1.29, 1.82) is 0 Å². The van der Waals surface area contributed by atoms with Gasteiger partial charge in [0.25, 0.3) is 0 Å². The number of ether oxygens (including phenoxy) is 2. The fraction of sp³-hybridized carbons (Fsp3) is 0.444. The van der Waals surface area contributed by atoms with Crippen molar-refractivity contribution >= 4 is 11.9 Å². The molecule has 0 heterocycles. The van der Waals surface area contributed by atoms with E-state index < -0.39 is 0 Å². The summed E-state index contributed by atoms with van der Waals surface area (Å²) < 4.78 is 10.3. The summed E-state index contributed by atoms with van der Waals surface area (Å²) in [5, 5.41) is 0. The molecule has 4 heteroatoms. The van der Waals surface area contributed by atoms with Crippen molar-refractivity contribution in [1.82, 2.24) is 0 Å². The first-order valence-corrected chi connectivity index (χ1v) is 7.53. The van der Waals surface area contributed by atoms with Gasteiger partial charge in [-0.2, -0.15) is 0 Å². The zero-order valence-corrected chi connectivity index (χ0v) is 13.5. The number of allylic oxidation sites excluding steroid dienone is 1. The Morgan fingerprint density at radius 1 is 1.00 bits per heavy atom. The van der Waals surface area contributed by atoms with Gasteiger partial charge in [0, 0.05) is 0 Å².